The number of carbonyl (C=O) groups excluding carboxylic acids is 1. The zero-order valence-corrected chi connectivity index (χ0v) is 13.6. The van der Waals surface area contributed by atoms with Crippen molar-refractivity contribution in [2.45, 2.75) is 25.8 Å². The SMILES string of the molecule is C[C@H](Nc1ncnc2c1cnn2C)c1ccc2c(c1)CCC(=O)N2. The lowest BCUT2D eigenvalue weighted by atomic mass is 9.98. The van der Waals surface area contributed by atoms with Gasteiger partial charge < -0.3 is 10.6 Å². The Morgan fingerprint density at radius 1 is 1.29 bits per heavy atom. The molecule has 122 valence electrons. The average molecular weight is 322 g/mol. The Hall–Kier alpha value is -2.96. The van der Waals surface area contributed by atoms with E-state index in [1.807, 2.05) is 19.2 Å². The number of aromatic nitrogens is 4. The minimum absolute atomic E-state index is 0.0752. The van der Waals surface area contributed by atoms with Crippen molar-refractivity contribution in [2.24, 2.45) is 7.05 Å². The number of anilines is 2. The number of carbonyl (C=O) groups is 1. The van der Waals surface area contributed by atoms with Crippen molar-refractivity contribution < 1.29 is 4.79 Å². The summed E-state index contributed by atoms with van der Waals surface area (Å²) in [5, 5.41) is 11.5. The predicted molar refractivity (Wildman–Crippen MR) is 91.7 cm³/mol. The molecule has 0 saturated carbocycles. The molecule has 3 heterocycles. The smallest absolute Gasteiger partial charge is 0.224 e. The molecule has 3 aromatic rings. The van der Waals surface area contributed by atoms with E-state index >= 15 is 0 Å². The highest BCUT2D eigenvalue weighted by molar-refractivity contribution is 5.94. The minimum atomic E-state index is 0.0752. The van der Waals surface area contributed by atoms with Gasteiger partial charge in [-0.3, -0.25) is 9.48 Å². The van der Waals surface area contributed by atoms with Gasteiger partial charge in [-0.25, -0.2) is 9.97 Å². The van der Waals surface area contributed by atoms with Crippen molar-refractivity contribution in [3.8, 4) is 0 Å². The zero-order chi connectivity index (χ0) is 16.7. The van der Waals surface area contributed by atoms with E-state index in [1.54, 1.807) is 17.2 Å². The molecule has 1 atom stereocenters. The normalized spacial score (nSPS) is 15.0. The van der Waals surface area contributed by atoms with Crippen LogP contribution in [0.15, 0.2) is 30.7 Å². The first-order chi connectivity index (χ1) is 11.6. The standard InChI is InChI=1S/C17H18N6O/c1-10(11-3-5-14-12(7-11)4-6-15(24)22-14)21-16-13-8-20-23(2)17(13)19-9-18-16/h3,5,7-10H,4,6H2,1-2H3,(H,22,24)(H,18,19,21)/t10-/m0/s1. The molecule has 2 N–H and O–H groups in total. The topological polar surface area (TPSA) is 84.7 Å². The number of nitrogens with zero attached hydrogens (tertiary/aromatic N) is 4. The highest BCUT2D eigenvalue weighted by atomic mass is 16.1. The Balaban J connectivity index is 1.62. The number of hydrogen-bond donors (Lipinski definition) is 2. The second kappa shape index (κ2) is 5.59. The predicted octanol–water partition coefficient (Wildman–Crippen LogP) is 2.42. The van der Waals surface area contributed by atoms with E-state index in [-0.39, 0.29) is 11.9 Å². The van der Waals surface area contributed by atoms with Crippen molar-refractivity contribution in [3.05, 3.63) is 41.9 Å². The van der Waals surface area contributed by atoms with E-state index in [9.17, 15) is 4.79 Å². The summed E-state index contributed by atoms with van der Waals surface area (Å²) in [7, 11) is 1.86. The van der Waals surface area contributed by atoms with E-state index in [0.717, 1.165) is 34.5 Å². The monoisotopic (exact) mass is 322 g/mol. The molecule has 0 bridgehead atoms. The first kappa shape index (κ1) is 14.6. The van der Waals surface area contributed by atoms with Crippen LogP contribution in [0.25, 0.3) is 11.0 Å². The third kappa shape index (κ3) is 2.47. The van der Waals surface area contributed by atoms with Crippen LogP contribution >= 0.6 is 0 Å². The Kier molecular flexibility index (Phi) is 3.41. The third-order valence-corrected chi connectivity index (χ3v) is 4.41. The lowest BCUT2D eigenvalue weighted by Crippen LogP contribution is -2.19. The molecule has 0 fully saturated rings. The van der Waals surface area contributed by atoms with Crippen LogP contribution in [-0.2, 0) is 18.3 Å². The maximum absolute atomic E-state index is 11.5. The highest BCUT2D eigenvalue weighted by Crippen LogP contribution is 2.28. The van der Waals surface area contributed by atoms with Gasteiger partial charge >= 0.3 is 0 Å². The Morgan fingerprint density at radius 2 is 2.17 bits per heavy atom. The first-order valence-corrected chi connectivity index (χ1v) is 7.94. The molecule has 0 radical (unpaired) electrons. The van der Waals surface area contributed by atoms with Crippen LogP contribution < -0.4 is 10.6 Å². The quantitative estimate of drug-likeness (QED) is 0.773. The van der Waals surface area contributed by atoms with Crippen LogP contribution in [0.1, 0.15) is 30.5 Å². The molecule has 1 aromatic carbocycles. The number of amides is 1. The number of nitrogens with one attached hydrogen (secondary N) is 2. The maximum atomic E-state index is 11.5. The van der Waals surface area contributed by atoms with E-state index in [0.29, 0.717) is 6.42 Å². The van der Waals surface area contributed by atoms with Crippen molar-refractivity contribution in [2.75, 3.05) is 10.6 Å². The van der Waals surface area contributed by atoms with Crippen LogP contribution in [0, 0.1) is 0 Å². The minimum Gasteiger partial charge on any atom is -0.363 e. The average Bonchev–Trinajstić information content (AvgIpc) is 2.97. The fourth-order valence-electron chi connectivity index (χ4n) is 3.04. The van der Waals surface area contributed by atoms with E-state index in [1.165, 1.54) is 5.56 Å². The molecular formula is C17H18N6O. The molecular weight excluding hydrogens is 304 g/mol. The molecule has 0 saturated heterocycles. The van der Waals surface area contributed by atoms with Crippen LogP contribution in [0.4, 0.5) is 11.5 Å². The summed E-state index contributed by atoms with van der Waals surface area (Å²) in [6.07, 6.45) is 4.64. The molecule has 24 heavy (non-hydrogen) atoms. The molecule has 0 aliphatic carbocycles. The van der Waals surface area contributed by atoms with Crippen LogP contribution in [0.2, 0.25) is 0 Å². The van der Waals surface area contributed by atoms with E-state index in [2.05, 4.69) is 38.7 Å². The van der Waals surface area contributed by atoms with E-state index < -0.39 is 0 Å². The molecule has 7 heteroatoms. The number of fused-ring (bicyclic) bond motifs is 2. The highest BCUT2D eigenvalue weighted by Gasteiger charge is 2.17. The summed E-state index contributed by atoms with van der Waals surface area (Å²) in [5.41, 5.74) is 4.04. The number of hydrogen-bond acceptors (Lipinski definition) is 5. The Bertz CT molecular complexity index is 932. The zero-order valence-electron chi connectivity index (χ0n) is 13.6. The molecule has 7 nitrogen and oxygen atoms in total. The summed E-state index contributed by atoms with van der Waals surface area (Å²) >= 11 is 0. The summed E-state index contributed by atoms with van der Waals surface area (Å²) in [5.74, 6) is 0.855. The molecule has 0 spiro atoms. The number of rotatable bonds is 3. The van der Waals surface area contributed by atoms with Crippen molar-refractivity contribution >= 4 is 28.4 Å². The Labute approximate surface area is 139 Å². The maximum Gasteiger partial charge on any atom is 0.224 e. The Morgan fingerprint density at radius 3 is 3.04 bits per heavy atom. The fourth-order valence-corrected chi connectivity index (χ4v) is 3.04. The largest absolute Gasteiger partial charge is 0.363 e. The molecule has 2 aromatic heterocycles. The summed E-state index contributed by atoms with van der Waals surface area (Å²) in [6, 6.07) is 6.23. The van der Waals surface area contributed by atoms with Gasteiger partial charge in [0.05, 0.1) is 11.6 Å². The molecule has 0 unspecified atom stereocenters. The molecule has 1 aliphatic heterocycles. The van der Waals surface area contributed by atoms with Crippen molar-refractivity contribution in [1.29, 1.82) is 0 Å². The van der Waals surface area contributed by atoms with Crippen LogP contribution in [0.3, 0.4) is 0 Å². The van der Waals surface area contributed by atoms with Gasteiger partial charge in [0.2, 0.25) is 5.91 Å². The van der Waals surface area contributed by atoms with Crippen LogP contribution in [-0.4, -0.2) is 25.7 Å². The van der Waals surface area contributed by atoms with Crippen molar-refractivity contribution in [1.82, 2.24) is 19.7 Å². The van der Waals surface area contributed by atoms with E-state index in [4.69, 9.17) is 0 Å². The van der Waals surface area contributed by atoms with Crippen molar-refractivity contribution in [3.63, 3.8) is 0 Å². The van der Waals surface area contributed by atoms with Crippen LogP contribution in [0.5, 0.6) is 0 Å². The van der Waals surface area contributed by atoms with Gasteiger partial charge in [0.1, 0.15) is 12.1 Å². The number of benzene rings is 1. The second-order valence-electron chi connectivity index (χ2n) is 6.06. The summed E-state index contributed by atoms with van der Waals surface area (Å²) in [6.45, 7) is 2.09. The summed E-state index contributed by atoms with van der Waals surface area (Å²) in [4.78, 5) is 20.1. The third-order valence-electron chi connectivity index (χ3n) is 4.41. The van der Waals surface area contributed by atoms with Gasteiger partial charge in [-0.2, -0.15) is 5.10 Å². The fraction of sp³-hybridized carbons (Fsp3) is 0.294. The molecule has 1 amide bonds. The number of aryl methyl sites for hydroxylation is 2. The summed E-state index contributed by atoms with van der Waals surface area (Å²) < 4.78 is 1.73. The van der Waals surface area contributed by atoms with Gasteiger partial charge in [-0.1, -0.05) is 12.1 Å². The van der Waals surface area contributed by atoms with Gasteiger partial charge in [0.25, 0.3) is 0 Å². The van der Waals surface area contributed by atoms with Gasteiger partial charge in [0.15, 0.2) is 5.65 Å². The van der Waals surface area contributed by atoms with Gasteiger partial charge in [-0.15, -0.1) is 0 Å². The van der Waals surface area contributed by atoms with Gasteiger partial charge in [-0.05, 0) is 30.5 Å². The van der Waals surface area contributed by atoms with Gasteiger partial charge in [0, 0.05) is 25.2 Å². The second-order valence-corrected chi connectivity index (χ2v) is 6.06. The molecule has 1 aliphatic rings. The first-order valence-electron chi connectivity index (χ1n) is 7.94. The molecule has 4 rings (SSSR count). The lowest BCUT2D eigenvalue weighted by Gasteiger charge is -2.20. The lowest BCUT2D eigenvalue weighted by molar-refractivity contribution is -0.116.